The van der Waals surface area contributed by atoms with Crippen molar-refractivity contribution in [1.29, 1.82) is 5.26 Å². The summed E-state index contributed by atoms with van der Waals surface area (Å²) < 4.78 is 20.1. The second-order valence-corrected chi connectivity index (χ2v) is 11.1. The van der Waals surface area contributed by atoms with Crippen molar-refractivity contribution in [3.8, 4) is 12.1 Å². The Bertz CT molecular complexity index is 1310. The molecule has 3 atom stereocenters. The molecular weight excluding hydrogens is 509 g/mol. The number of piperazine rings is 1. The highest BCUT2D eigenvalue weighted by molar-refractivity contribution is 5.87. The monoisotopic (exact) mass is 547 g/mol. The summed E-state index contributed by atoms with van der Waals surface area (Å²) in [6, 6.07) is 8.59. The molecule has 2 aromatic rings. The number of fused-ring (bicyclic) bond motifs is 1. The smallest absolute Gasteiger partial charge is 0.318 e. The Morgan fingerprint density at radius 3 is 2.75 bits per heavy atom. The molecule has 0 N–H and O–H groups in total. The Labute approximate surface area is 235 Å². The number of carbonyl (C=O) groups is 1. The van der Waals surface area contributed by atoms with E-state index >= 15 is 0 Å². The number of aromatic nitrogens is 2. The van der Waals surface area contributed by atoms with Crippen LogP contribution in [0.25, 0.3) is 0 Å². The van der Waals surface area contributed by atoms with E-state index in [0.717, 1.165) is 30.0 Å². The maximum atomic E-state index is 14.0. The molecule has 2 fully saturated rings. The van der Waals surface area contributed by atoms with Crippen LogP contribution in [0.3, 0.4) is 0 Å². The molecule has 0 aliphatic carbocycles. The van der Waals surface area contributed by atoms with Gasteiger partial charge in [0, 0.05) is 50.0 Å². The van der Waals surface area contributed by atoms with Gasteiger partial charge in [-0.05, 0) is 57.0 Å². The molecule has 0 spiro atoms. The van der Waals surface area contributed by atoms with E-state index in [1.165, 1.54) is 22.9 Å². The standard InChI is InChI=1S/C30H38FN7O2/c1-5-28(39)38-14-13-37(17-23(38)9-11-32)29-25-10-12-36(27-8-6-7-20(2)21(27)3)18-26(25)33-30(34-29)40-19-24-15-22(31)16-35(24)4/h5-8,22-24H,1,9-10,12-19H2,2-4H3/t22-,23+,24+/m1/s1. The van der Waals surface area contributed by atoms with Crippen molar-refractivity contribution < 1.29 is 13.9 Å². The third-order valence-corrected chi connectivity index (χ3v) is 8.55. The Balaban J connectivity index is 1.46. The van der Waals surface area contributed by atoms with Gasteiger partial charge in [0.1, 0.15) is 18.6 Å². The van der Waals surface area contributed by atoms with Gasteiger partial charge in [0.25, 0.3) is 0 Å². The lowest BCUT2D eigenvalue weighted by molar-refractivity contribution is -0.128. The Kier molecular flexibility index (Phi) is 8.22. The SMILES string of the molecule is C=CC(=O)N1CCN(c2nc(OC[C@@H]3C[C@@H](F)CN3C)nc3c2CCN(c2cccc(C)c2C)C3)C[C@@H]1CC#N. The largest absolute Gasteiger partial charge is 0.462 e. The summed E-state index contributed by atoms with van der Waals surface area (Å²) in [5, 5.41) is 9.46. The zero-order valence-electron chi connectivity index (χ0n) is 23.6. The van der Waals surface area contributed by atoms with Gasteiger partial charge in [-0.15, -0.1) is 0 Å². The van der Waals surface area contributed by atoms with Crippen LogP contribution in [0.4, 0.5) is 15.9 Å². The molecule has 4 heterocycles. The van der Waals surface area contributed by atoms with Crippen LogP contribution >= 0.6 is 0 Å². The molecular formula is C30H38FN7O2. The number of alkyl halides is 1. The summed E-state index contributed by atoms with van der Waals surface area (Å²) in [6.45, 7) is 11.6. The van der Waals surface area contributed by atoms with Crippen LogP contribution < -0.4 is 14.5 Å². The van der Waals surface area contributed by atoms with Crippen LogP contribution in [0, 0.1) is 25.2 Å². The first-order valence-corrected chi connectivity index (χ1v) is 14.0. The normalized spacial score (nSPS) is 23.1. The number of carbonyl (C=O) groups excluding carboxylic acids is 1. The number of nitrogens with zero attached hydrogens (tertiary/aromatic N) is 7. The van der Waals surface area contributed by atoms with Gasteiger partial charge in [-0.25, -0.2) is 4.39 Å². The lowest BCUT2D eigenvalue weighted by Gasteiger charge is -2.42. The number of nitriles is 1. The molecule has 9 nitrogen and oxygen atoms in total. The van der Waals surface area contributed by atoms with Gasteiger partial charge in [-0.2, -0.15) is 15.2 Å². The molecule has 0 radical (unpaired) electrons. The highest BCUT2D eigenvalue weighted by atomic mass is 19.1. The summed E-state index contributed by atoms with van der Waals surface area (Å²) in [7, 11) is 1.91. The van der Waals surface area contributed by atoms with Crippen molar-refractivity contribution in [2.24, 2.45) is 0 Å². The van der Waals surface area contributed by atoms with Crippen LogP contribution in [0.15, 0.2) is 30.9 Å². The van der Waals surface area contributed by atoms with Crippen molar-refractivity contribution >= 4 is 17.4 Å². The summed E-state index contributed by atoms with van der Waals surface area (Å²) in [5.41, 5.74) is 5.69. The maximum absolute atomic E-state index is 14.0. The van der Waals surface area contributed by atoms with E-state index in [9.17, 15) is 14.4 Å². The quantitative estimate of drug-likeness (QED) is 0.489. The number of hydrogen-bond acceptors (Lipinski definition) is 8. The fraction of sp³-hybridized carbons (Fsp3) is 0.533. The Hall–Kier alpha value is -3.71. The van der Waals surface area contributed by atoms with Gasteiger partial charge >= 0.3 is 6.01 Å². The van der Waals surface area contributed by atoms with Crippen molar-refractivity contribution in [3.63, 3.8) is 0 Å². The number of hydrogen-bond donors (Lipinski definition) is 0. The van der Waals surface area contributed by atoms with Crippen LogP contribution in [0.2, 0.25) is 0 Å². The van der Waals surface area contributed by atoms with E-state index in [1.807, 2.05) is 11.9 Å². The Morgan fingerprint density at radius 2 is 2.02 bits per heavy atom. The van der Waals surface area contributed by atoms with Crippen molar-refractivity contribution in [1.82, 2.24) is 19.8 Å². The number of benzene rings is 1. The van der Waals surface area contributed by atoms with Gasteiger partial charge < -0.3 is 19.4 Å². The first-order valence-electron chi connectivity index (χ1n) is 14.0. The first kappa shape index (κ1) is 27.8. The molecule has 1 amide bonds. The number of halogens is 1. The molecule has 0 saturated carbocycles. The molecule has 10 heteroatoms. The van der Waals surface area contributed by atoms with Crippen LogP contribution in [0.5, 0.6) is 6.01 Å². The van der Waals surface area contributed by atoms with Crippen LogP contribution in [-0.4, -0.2) is 90.3 Å². The van der Waals surface area contributed by atoms with E-state index < -0.39 is 6.17 Å². The summed E-state index contributed by atoms with van der Waals surface area (Å²) in [4.78, 5) is 30.4. The second-order valence-electron chi connectivity index (χ2n) is 11.1. The highest BCUT2D eigenvalue weighted by Gasteiger charge is 2.34. The third-order valence-electron chi connectivity index (χ3n) is 8.55. The maximum Gasteiger partial charge on any atom is 0.318 e. The zero-order chi connectivity index (χ0) is 28.4. The summed E-state index contributed by atoms with van der Waals surface area (Å²) in [5.74, 6) is 0.641. The van der Waals surface area contributed by atoms with Crippen molar-refractivity contribution in [2.45, 2.75) is 57.9 Å². The molecule has 2 saturated heterocycles. The topological polar surface area (TPSA) is 88.8 Å². The molecule has 212 valence electrons. The average Bonchev–Trinajstić information content (AvgIpc) is 3.28. The second kappa shape index (κ2) is 11.8. The van der Waals surface area contributed by atoms with E-state index in [2.05, 4.69) is 54.5 Å². The van der Waals surface area contributed by atoms with Gasteiger partial charge in [0.15, 0.2) is 0 Å². The number of anilines is 2. The van der Waals surface area contributed by atoms with E-state index in [1.54, 1.807) is 4.90 Å². The molecule has 40 heavy (non-hydrogen) atoms. The number of rotatable bonds is 7. The first-order chi connectivity index (χ1) is 19.3. The Morgan fingerprint density at radius 1 is 1.20 bits per heavy atom. The van der Waals surface area contributed by atoms with Crippen molar-refractivity contribution in [3.05, 3.63) is 53.2 Å². The van der Waals surface area contributed by atoms with Gasteiger partial charge in [-0.1, -0.05) is 18.7 Å². The number of amides is 1. The lowest BCUT2D eigenvalue weighted by atomic mass is 10.0. The van der Waals surface area contributed by atoms with Gasteiger partial charge in [-0.3, -0.25) is 9.69 Å². The molecule has 3 aliphatic rings. The fourth-order valence-electron chi connectivity index (χ4n) is 6.11. The fourth-order valence-corrected chi connectivity index (χ4v) is 6.11. The number of ether oxygens (including phenoxy) is 1. The summed E-state index contributed by atoms with van der Waals surface area (Å²) in [6.07, 6.45) is 1.89. The lowest BCUT2D eigenvalue weighted by Crippen LogP contribution is -2.55. The molecule has 0 bridgehead atoms. The molecule has 1 aromatic carbocycles. The minimum atomic E-state index is -0.851. The summed E-state index contributed by atoms with van der Waals surface area (Å²) >= 11 is 0. The predicted molar refractivity (Wildman–Crippen MR) is 152 cm³/mol. The number of likely N-dealkylation sites (N-methyl/N-ethyl adjacent to an activating group) is 1. The number of likely N-dealkylation sites (tertiary alicyclic amines) is 1. The molecule has 1 aromatic heterocycles. The minimum absolute atomic E-state index is 0.0296. The number of aryl methyl sites for hydroxylation is 1. The third kappa shape index (κ3) is 5.61. The van der Waals surface area contributed by atoms with Crippen molar-refractivity contribution in [2.75, 3.05) is 56.2 Å². The predicted octanol–water partition coefficient (Wildman–Crippen LogP) is 3.19. The van der Waals surface area contributed by atoms with Crippen LogP contribution in [0.1, 0.15) is 35.2 Å². The molecule has 5 rings (SSSR count). The van der Waals surface area contributed by atoms with E-state index in [0.29, 0.717) is 45.8 Å². The molecule has 3 aliphatic heterocycles. The molecule has 0 unspecified atom stereocenters. The van der Waals surface area contributed by atoms with Crippen LogP contribution in [-0.2, 0) is 17.8 Å². The van der Waals surface area contributed by atoms with E-state index in [-0.39, 0.29) is 30.4 Å². The van der Waals surface area contributed by atoms with E-state index in [4.69, 9.17) is 14.7 Å². The highest BCUT2D eigenvalue weighted by Crippen LogP contribution is 2.34. The van der Waals surface area contributed by atoms with Gasteiger partial charge in [0.05, 0.1) is 30.8 Å². The zero-order valence-corrected chi connectivity index (χ0v) is 23.6. The minimum Gasteiger partial charge on any atom is -0.462 e. The average molecular weight is 548 g/mol. The van der Waals surface area contributed by atoms with Gasteiger partial charge in [0.2, 0.25) is 5.91 Å².